The summed E-state index contributed by atoms with van der Waals surface area (Å²) in [6.07, 6.45) is 4.31. The number of benzene rings is 2. The number of carbonyl (C=O) groups is 3. The molecular weight excluding hydrogens is 446 g/mol. The number of hydrogen-bond acceptors (Lipinski definition) is 5. The minimum Gasteiger partial charge on any atom is -0.496 e. The molecule has 0 spiro atoms. The molecule has 0 unspecified atom stereocenters. The van der Waals surface area contributed by atoms with Crippen molar-refractivity contribution < 1.29 is 23.9 Å². The second-order valence-electron chi connectivity index (χ2n) is 9.52. The van der Waals surface area contributed by atoms with Crippen molar-refractivity contribution in [2.45, 2.75) is 43.9 Å². The van der Waals surface area contributed by atoms with E-state index in [0.29, 0.717) is 38.3 Å². The van der Waals surface area contributed by atoms with Crippen LogP contribution < -0.4 is 20.3 Å². The molecule has 184 valence electrons. The largest absolute Gasteiger partial charge is 0.496 e. The number of anilines is 2. The number of amides is 3. The van der Waals surface area contributed by atoms with Gasteiger partial charge in [0, 0.05) is 49.4 Å². The molecule has 2 aromatic rings. The molecule has 0 aliphatic carbocycles. The quantitative estimate of drug-likeness (QED) is 0.646. The zero-order valence-corrected chi connectivity index (χ0v) is 20.0. The summed E-state index contributed by atoms with van der Waals surface area (Å²) in [7, 11) is 1.64. The zero-order chi connectivity index (χ0) is 24.4. The number of nitrogens with zero attached hydrogens (tertiary/aromatic N) is 1. The Labute approximate surface area is 205 Å². The molecule has 3 aliphatic heterocycles. The van der Waals surface area contributed by atoms with Gasteiger partial charge in [-0.05, 0) is 61.4 Å². The summed E-state index contributed by atoms with van der Waals surface area (Å²) in [4.78, 5) is 39.8. The summed E-state index contributed by atoms with van der Waals surface area (Å²) in [6.45, 7) is 2.22. The molecule has 1 saturated heterocycles. The van der Waals surface area contributed by atoms with Crippen molar-refractivity contribution >= 4 is 29.1 Å². The Morgan fingerprint density at radius 3 is 2.57 bits per heavy atom. The van der Waals surface area contributed by atoms with Crippen molar-refractivity contribution in [3.05, 3.63) is 53.1 Å². The fourth-order valence-corrected chi connectivity index (χ4v) is 5.63. The molecule has 3 amide bonds. The first kappa shape index (κ1) is 23.4. The van der Waals surface area contributed by atoms with Crippen molar-refractivity contribution in [1.29, 1.82) is 0 Å². The lowest BCUT2D eigenvalue weighted by Gasteiger charge is -2.38. The molecule has 3 heterocycles. The maximum Gasteiger partial charge on any atom is 0.313 e. The number of methoxy groups -OCH3 is 1. The maximum atomic E-state index is 12.8. The zero-order valence-electron chi connectivity index (χ0n) is 20.0. The van der Waals surface area contributed by atoms with Gasteiger partial charge in [0.1, 0.15) is 5.75 Å². The third-order valence-electron chi connectivity index (χ3n) is 7.45. The topological polar surface area (TPSA) is 97.0 Å². The van der Waals surface area contributed by atoms with Crippen molar-refractivity contribution in [2.24, 2.45) is 0 Å². The van der Waals surface area contributed by atoms with E-state index in [1.54, 1.807) is 7.11 Å². The summed E-state index contributed by atoms with van der Waals surface area (Å²) in [6, 6.07) is 11.6. The highest BCUT2D eigenvalue weighted by Gasteiger charge is 2.37. The second-order valence-corrected chi connectivity index (χ2v) is 9.52. The number of aryl methyl sites for hydroxylation is 2. The van der Waals surface area contributed by atoms with E-state index in [0.717, 1.165) is 60.4 Å². The second kappa shape index (κ2) is 9.70. The van der Waals surface area contributed by atoms with Crippen LogP contribution >= 0.6 is 0 Å². The Morgan fingerprint density at radius 1 is 1.06 bits per heavy atom. The van der Waals surface area contributed by atoms with Gasteiger partial charge < -0.3 is 25.0 Å². The van der Waals surface area contributed by atoms with E-state index in [1.807, 2.05) is 41.3 Å². The summed E-state index contributed by atoms with van der Waals surface area (Å²) in [5.41, 5.74) is 4.34. The molecule has 0 radical (unpaired) electrons. The van der Waals surface area contributed by atoms with E-state index in [4.69, 9.17) is 9.47 Å². The number of hydrogen-bond donors (Lipinski definition) is 2. The Bertz CT molecular complexity index is 1140. The molecule has 5 rings (SSSR count). The van der Waals surface area contributed by atoms with E-state index in [-0.39, 0.29) is 11.3 Å². The molecule has 35 heavy (non-hydrogen) atoms. The molecule has 8 nitrogen and oxygen atoms in total. The Kier molecular flexibility index (Phi) is 6.47. The third-order valence-corrected chi connectivity index (χ3v) is 7.45. The molecule has 0 atom stereocenters. The van der Waals surface area contributed by atoms with Gasteiger partial charge >= 0.3 is 11.8 Å². The Hall–Kier alpha value is -3.39. The summed E-state index contributed by atoms with van der Waals surface area (Å²) >= 11 is 0. The number of rotatable bonds is 5. The van der Waals surface area contributed by atoms with Gasteiger partial charge in [-0.15, -0.1) is 0 Å². The van der Waals surface area contributed by atoms with Gasteiger partial charge in [0.25, 0.3) is 0 Å². The van der Waals surface area contributed by atoms with E-state index >= 15 is 0 Å². The van der Waals surface area contributed by atoms with Crippen molar-refractivity contribution in [2.75, 3.05) is 43.6 Å². The van der Waals surface area contributed by atoms with Crippen LogP contribution in [0.1, 0.15) is 42.4 Å². The van der Waals surface area contributed by atoms with E-state index in [1.165, 1.54) is 0 Å². The molecule has 0 saturated carbocycles. The average molecular weight is 478 g/mol. The lowest BCUT2D eigenvalue weighted by Crippen LogP contribution is -2.47. The number of carbonyl (C=O) groups excluding carboxylic acids is 3. The van der Waals surface area contributed by atoms with Gasteiger partial charge in [-0.3, -0.25) is 14.4 Å². The summed E-state index contributed by atoms with van der Waals surface area (Å²) in [5, 5.41) is 5.64. The van der Waals surface area contributed by atoms with Crippen LogP contribution in [0, 0.1) is 0 Å². The summed E-state index contributed by atoms with van der Waals surface area (Å²) in [5.74, 6) is -0.441. The predicted octanol–water partition coefficient (Wildman–Crippen LogP) is 2.72. The van der Waals surface area contributed by atoms with Crippen molar-refractivity contribution in [1.82, 2.24) is 5.32 Å². The van der Waals surface area contributed by atoms with Crippen LogP contribution in [0.3, 0.4) is 0 Å². The number of para-hydroxylation sites is 1. The number of nitrogens with one attached hydrogen (secondary N) is 2. The minimum absolute atomic E-state index is 0.159. The molecule has 3 aliphatic rings. The average Bonchev–Trinajstić information content (AvgIpc) is 2.89. The van der Waals surface area contributed by atoms with Crippen LogP contribution in [0.15, 0.2) is 36.4 Å². The van der Waals surface area contributed by atoms with E-state index in [2.05, 4.69) is 10.6 Å². The lowest BCUT2D eigenvalue weighted by atomic mass is 9.73. The first-order valence-corrected chi connectivity index (χ1v) is 12.3. The molecule has 1 fully saturated rings. The van der Waals surface area contributed by atoms with Crippen LogP contribution in [-0.2, 0) is 37.4 Å². The molecule has 0 bridgehead atoms. The van der Waals surface area contributed by atoms with Crippen molar-refractivity contribution in [3.63, 3.8) is 0 Å². The minimum atomic E-state index is -0.695. The third kappa shape index (κ3) is 4.50. The first-order chi connectivity index (χ1) is 17.0. The highest BCUT2D eigenvalue weighted by atomic mass is 16.5. The monoisotopic (exact) mass is 477 g/mol. The first-order valence-electron chi connectivity index (χ1n) is 12.3. The molecular formula is C27H31N3O5. The van der Waals surface area contributed by atoms with Gasteiger partial charge in [0.15, 0.2) is 0 Å². The molecule has 8 heteroatoms. The molecule has 0 aromatic heterocycles. The van der Waals surface area contributed by atoms with Gasteiger partial charge in [0.05, 0.1) is 12.8 Å². The predicted molar refractivity (Wildman–Crippen MR) is 132 cm³/mol. The smallest absolute Gasteiger partial charge is 0.313 e. The van der Waals surface area contributed by atoms with Gasteiger partial charge in [-0.25, -0.2) is 0 Å². The van der Waals surface area contributed by atoms with Crippen LogP contribution in [0.5, 0.6) is 5.75 Å². The SMILES string of the molecule is COc1ccccc1C1(CNC(=O)C(=O)Nc2cc3c4c(c2)CCC(=O)N4CCC3)CCOCC1. The highest BCUT2D eigenvalue weighted by Crippen LogP contribution is 2.40. The van der Waals surface area contributed by atoms with E-state index in [9.17, 15) is 14.4 Å². The summed E-state index contributed by atoms with van der Waals surface area (Å²) < 4.78 is 11.2. The Morgan fingerprint density at radius 2 is 1.80 bits per heavy atom. The van der Waals surface area contributed by atoms with Crippen LogP contribution in [-0.4, -0.2) is 51.1 Å². The fourth-order valence-electron chi connectivity index (χ4n) is 5.63. The molecule has 2 N–H and O–H groups in total. The van der Waals surface area contributed by atoms with Crippen molar-refractivity contribution in [3.8, 4) is 5.75 Å². The van der Waals surface area contributed by atoms with Crippen LogP contribution in [0.2, 0.25) is 0 Å². The lowest BCUT2D eigenvalue weighted by molar-refractivity contribution is -0.136. The molecule has 2 aromatic carbocycles. The van der Waals surface area contributed by atoms with E-state index < -0.39 is 11.8 Å². The maximum absolute atomic E-state index is 12.8. The Balaban J connectivity index is 1.30. The number of ether oxygens (including phenoxy) is 2. The van der Waals surface area contributed by atoms with Crippen LogP contribution in [0.25, 0.3) is 0 Å². The standard InChI is InChI=1S/C27H31N3O5/c1-34-22-7-3-2-6-21(22)27(10-13-35-14-11-27)17-28-25(32)26(33)29-20-15-18-5-4-12-30-23(31)9-8-19(16-20)24(18)30/h2-3,6-7,15-16H,4-5,8-14,17H2,1H3,(H,28,32)(H,29,33). The highest BCUT2D eigenvalue weighted by molar-refractivity contribution is 6.39. The fraction of sp³-hybridized carbons (Fsp3) is 0.444. The van der Waals surface area contributed by atoms with Gasteiger partial charge in [-0.1, -0.05) is 18.2 Å². The van der Waals surface area contributed by atoms with Gasteiger partial charge in [0.2, 0.25) is 5.91 Å². The normalized spacial score (nSPS) is 18.4. The van der Waals surface area contributed by atoms with Gasteiger partial charge in [-0.2, -0.15) is 0 Å². The van der Waals surface area contributed by atoms with Crippen LogP contribution in [0.4, 0.5) is 11.4 Å².